The first-order valence-electron chi connectivity index (χ1n) is 6.44. The second-order valence-electron chi connectivity index (χ2n) is 5.45. The van der Waals surface area contributed by atoms with E-state index in [1.54, 1.807) is 18.4 Å². The first kappa shape index (κ1) is 13.7. The van der Waals surface area contributed by atoms with Crippen LogP contribution in [-0.2, 0) is 9.53 Å². The van der Waals surface area contributed by atoms with Crippen LogP contribution in [0.2, 0.25) is 0 Å². The first-order valence-corrected chi connectivity index (χ1v) is 6.44. The Hall–Kier alpha value is -2.26. The lowest BCUT2D eigenvalue weighted by molar-refractivity contribution is -0.111. The Morgan fingerprint density at radius 3 is 2.95 bits per heavy atom. The molecule has 112 valence electrons. The maximum absolute atomic E-state index is 10.8. The van der Waals surface area contributed by atoms with Crippen molar-refractivity contribution in [2.75, 3.05) is 5.73 Å². The summed E-state index contributed by atoms with van der Waals surface area (Å²) in [5, 5.41) is 12.9. The van der Waals surface area contributed by atoms with Crippen LogP contribution in [-0.4, -0.2) is 48.8 Å². The number of aromatic nitrogens is 4. The highest BCUT2D eigenvalue weighted by Crippen LogP contribution is 2.37. The molecule has 1 amide bonds. The summed E-state index contributed by atoms with van der Waals surface area (Å²) >= 11 is 0. The average molecular weight is 292 g/mol. The topological polar surface area (TPSA) is 128 Å². The number of hydrogen-bond acceptors (Lipinski definition) is 7. The first-order chi connectivity index (χ1) is 9.95. The van der Waals surface area contributed by atoms with E-state index >= 15 is 0 Å². The number of nitrogen functional groups attached to an aromatic ring is 1. The maximum Gasteiger partial charge on any atom is 0.207 e. The zero-order chi connectivity index (χ0) is 15.2. The molecule has 0 spiro atoms. The molecule has 0 bridgehead atoms. The van der Waals surface area contributed by atoms with Gasteiger partial charge in [-0.25, -0.2) is 15.0 Å². The highest BCUT2D eigenvalue weighted by molar-refractivity contribution is 5.81. The average Bonchev–Trinajstić information content (AvgIpc) is 2.95. The fourth-order valence-electron chi connectivity index (χ4n) is 2.58. The van der Waals surface area contributed by atoms with E-state index in [-0.39, 0.29) is 5.82 Å². The molecule has 2 aromatic rings. The number of carbonyl (C=O) groups is 1. The van der Waals surface area contributed by atoms with E-state index in [9.17, 15) is 9.90 Å². The fourth-order valence-corrected chi connectivity index (χ4v) is 2.58. The summed E-state index contributed by atoms with van der Waals surface area (Å²) in [4.78, 5) is 23.0. The Labute approximate surface area is 120 Å². The summed E-state index contributed by atoms with van der Waals surface area (Å²) in [5.41, 5.74) is 5.87. The van der Waals surface area contributed by atoms with Gasteiger partial charge in [0.05, 0.1) is 11.9 Å². The number of aliphatic hydroxyl groups is 1. The van der Waals surface area contributed by atoms with E-state index in [0.29, 0.717) is 17.6 Å². The Bertz CT molecular complexity index is 685. The minimum absolute atomic E-state index is 0.261. The van der Waals surface area contributed by atoms with Gasteiger partial charge in [0.25, 0.3) is 0 Å². The molecule has 3 heterocycles. The number of amides is 1. The molecule has 4 N–H and O–H groups in total. The minimum Gasteiger partial charge on any atom is -0.388 e. The zero-order valence-electron chi connectivity index (χ0n) is 11.6. The number of hydrogen-bond donors (Lipinski definition) is 3. The van der Waals surface area contributed by atoms with Gasteiger partial charge in [-0.15, -0.1) is 0 Å². The zero-order valence-corrected chi connectivity index (χ0v) is 11.6. The van der Waals surface area contributed by atoms with Crippen molar-refractivity contribution in [2.24, 2.45) is 0 Å². The van der Waals surface area contributed by atoms with Crippen LogP contribution in [0, 0.1) is 0 Å². The van der Waals surface area contributed by atoms with Crippen LogP contribution in [0.25, 0.3) is 11.2 Å². The molecule has 1 aliphatic rings. The molecule has 2 unspecified atom stereocenters. The number of nitrogens with two attached hydrogens (primary N) is 1. The second-order valence-corrected chi connectivity index (χ2v) is 5.45. The monoisotopic (exact) mass is 292 g/mol. The third kappa shape index (κ3) is 2.01. The number of ether oxygens (including phenoxy) is 1. The summed E-state index contributed by atoms with van der Waals surface area (Å²) in [5.74, 6) is 0.261. The molecule has 9 nitrogen and oxygen atoms in total. The van der Waals surface area contributed by atoms with Crippen LogP contribution in [0.5, 0.6) is 0 Å². The molecular formula is C12H16N6O3. The van der Waals surface area contributed by atoms with Crippen LogP contribution in [0.3, 0.4) is 0 Å². The fraction of sp³-hybridized carbons (Fsp3) is 0.500. The lowest BCUT2D eigenvalue weighted by Gasteiger charge is -2.22. The number of aliphatic hydroxyl groups excluding tert-OH is 1. The standard InChI is InChI=1S/C12H16N6O3/c1-12(2)8(20)6(17-5-19)11(21-12)18-4-16-7-9(13)14-3-15-10(7)18/h3-6,8,11,20H,1-2H3,(H,17,19)(H2,13,14,15)/t6?,8?,11-/m1/s1. The van der Waals surface area contributed by atoms with Gasteiger partial charge in [-0.1, -0.05) is 0 Å². The molecule has 0 aromatic carbocycles. The highest BCUT2D eigenvalue weighted by Gasteiger charge is 2.50. The molecule has 1 aliphatic heterocycles. The van der Waals surface area contributed by atoms with E-state index < -0.39 is 24.0 Å². The van der Waals surface area contributed by atoms with Gasteiger partial charge in [0, 0.05) is 0 Å². The van der Waals surface area contributed by atoms with Crippen molar-refractivity contribution in [3.63, 3.8) is 0 Å². The maximum atomic E-state index is 10.8. The van der Waals surface area contributed by atoms with Gasteiger partial charge in [0.2, 0.25) is 6.41 Å². The number of nitrogens with zero attached hydrogens (tertiary/aromatic N) is 4. The SMILES string of the molecule is CC1(C)O[C@@H](n2cnc3c(N)ncnc32)C(NC=O)C1O. The number of rotatable bonds is 3. The van der Waals surface area contributed by atoms with Crippen LogP contribution < -0.4 is 11.1 Å². The van der Waals surface area contributed by atoms with Crippen molar-refractivity contribution in [3.05, 3.63) is 12.7 Å². The molecule has 0 aliphatic carbocycles. The molecule has 0 saturated carbocycles. The normalized spacial score (nSPS) is 27.9. The van der Waals surface area contributed by atoms with E-state index in [2.05, 4.69) is 20.3 Å². The summed E-state index contributed by atoms with van der Waals surface area (Å²) in [6, 6.07) is -0.619. The van der Waals surface area contributed by atoms with Crippen molar-refractivity contribution in [3.8, 4) is 0 Å². The lowest BCUT2D eigenvalue weighted by atomic mass is 9.98. The number of nitrogens with one attached hydrogen (secondary N) is 1. The largest absolute Gasteiger partial charge is 0.388 e. The third-order valence-corrected chi connectivity index (χ3v) is 3.71. The molecule has 1 saturated heterocycles. The Balaban J connectivity index is 2.08. The molecular weight excluding hydrogens is 276 g/mol. The Kier molecular flexibility index (Phi) is 3.03. The number of anilines is 1. The lowest BCUT2D eigenvalue weighted by Crippen LogP contribution is -2.45. The van der Waals surface area contributed by atoms with Gasteiger partial charge in [-0.3, -0.25) is 9.36 Å². The van der Waals surface area contributed by atoms with Gasteiger partial charge >= 0.3 is 0 Å². The summed E-state index contributed by atoms with van der Waals surface area (Å²) in [6.07, 6.45) is 1.86. The highest BCUT2D eigenvalue weighted by atomic mass is 16.5. The minimum atomic E-state index is -0.871. The van der Waals surface area contributed by atoms with E-state index in [1.807, 2.05) is 0 Å². The number of imidazole rings is 1. The molecule has 0 radical (unpaired) electrons. The van der Waals surface area contributed by atoms with Crippen LogP contribution in [0.4, 0.5) is 5.82 Å². The Morgan fingerprint density at radius 2 is 2.24 bits per heavy atom. The van der Waals surface area contributed by atoms with E-state index in [4.69, 9.17) is 10.5 Å². The third-order valence-electron chi connectivity index (χ3n) is 3.71. The Morgan fingerprint density at radius 1 is 1.48 bits per heavy atom. The van der Waals surface area contributed by atoms with Crippen molar-refractivity contribution < 1.29 is 14.6 Å². The smallest absolute Gasteiger partial charge is 0.207 e. The summed E-state index contributed by atoms with van der Waals surface area (Å²) < 4.78 is 7.50. The molecule has 9 heteroatoms. The summed E-state index contributed by atoms with van der Waals surface area (Å²) in [7, 11) is 0. The molecule has 3 atom stereocenters. The molecule has 2 aromatic heterocycles. The van der Waals surface area contributed by atoms with Gasteiger partial charge in [-0.2, -0.15) is 0 Å². The predicted molar refractivity (Wildman–Crippen MR) is 72.9 cm³/mol. The van der Waals surface area contributed by atoms with E-state index in [1.165, 1.54) is 12.7 Å². The number of fused-ring (bicyclic) bond motifs is 1. The summed E-state index contributed by atoms with van der Waals surface area (Å²) in [6.45, 7) is 3.50. The van der Waals surface area contributed by atoms with Crippen molar-refractivity contribution in [1.82, 2.24) is 24.8 Å². The van der Waals surface area contributed by atoms with Crippen molar-refractivity contribution >= 4 is 23.4 Å². The van der Waals surface area contributed by atoms with Gasteiger partial charge in [0.15, 0.2) is 17.7 Å². The van der Waals surface area contributed by atoms with Gasteiger partial charge in [-0.05, 0) is 13.8 Å². The van der Waals surface area contributed by atoms with Crippen LogP contribution in [0.1, 0.15) is 20.1 Å². The van der Waals surface area contributed by atoms with Gasteiger partial charge < -0.3 is 20.9 Å². The predicted octanol–water partition coefficient (Wildman–Crippen LogP) is -0.809. The number of carbonyl (C=O) groups excluding carboxylic acids is 1. The van der Waals surface area contributed by atoms with Crippen LogP contribution in [0.15, 0.2) is 12.7 Å². The van der Waals surface area contributed by atoms with E-state index in [0.717, 1.165) is 0 Å². The molecule has 1 fully saturated rings. The van der Waals surface area contributed by atoms with Gasteiger partial charge in [0.1, 0.15) is 24.0 Å². The van der Waals surface area contributed by atoms with Crippen molar-refractivity contribution in [1.29, 1.82) is 0 Å². The second kappa shape index (κ2) is 4.64. The quantitative estimate of drug-likeness (QED) is 0.631. The molecule has 21 heavy (non-hydrogen) atoms. The molecule has 3 rings (SSSR count). The van der Waals surface area contributed by atoms with Crippen LogP contribution >= 0.6 is 0 Å². The van der Waals surface area contributed by atoms with Crippen molar-refractivity contribution in [2.45, 2.75) is 37.8 Å².